The Balaban J connectivity index is 1.87. The van der Waals surface area contributed by atoms with Crippen molar-refractivity contribution in [3.8, 4) is 11.5 Å². The van der Waals surface area contributed by atoms with E-state index in [1.807, 2.05) is 0 Å². The van der Waals surface area contributed by atoms with Crippen LogP contribution in [0.3, 0.4) is 0 Å². The lowest BCUT2D eigenvalue weighted by molar-refractivity contribution is 0.0961. The second-order valence-corrected chi connectivity index (χ2v) is 4.74. The van der Waals surface area contributed by atoms with E-state index in [4.69, 9.17) is 4.42 Å². The van der Waals surface area contributed by atoms with Crippen LogP contribution in [0.4, 0.5) is 8.78 Å². The molecule has 23 heavy (non-hydrogen) atoms. The number of benzene rings is 2. The zero-order chi connectivity index (χ0) is 16.4. The summed E-state index contributed by atoms with van der Waals surface area (Å²) in [7, 11) is 0. The topological polar surface area (TPSA) is 65.1 Å². The number of ketones is 1. The second kappa shape index (κ2) is 5.96. The molecule has 0 aliphatic carbocycles. The summed E-state index contributed by atoms with van der Waals surface area (Å²) >= 11 is 0. The Bertz CT molecular complexity index is 914. The van der Waals surface area contributed by atoms with Crippen LogP contribution in [-0.2, 0) is 6.54 Å². The van der Waals surface area contributed by atoms with E-state index in [1.54, 1.807) is 0 Å². The highest BCUT2D eigenvalue weighted by atomic mass is 19.1. The third-order valence-corrected chi connectivity index (χ3v) is 3.17. The van der Waals surface area contributed by atoms with Crippen LogP contribution in [0.1, 0.15) is 10.4 Å². The van der Waals surface area contributed by atoms with Crippen LogP contribution in [0.5, 0.6) is 0 Å². The maximum Gasteiger partial charge on any atom is 0.437 e. The minimum Gasteiger partial charge on any atom is -0.388 e. The number of rotatable bonds is 4. The van der Waals surface area contributed by atoms with Gasteiger partial charge in [-0.25, -0.2) is 13.6 Å². The molecule has 0 amide bonds. The summed E-state index contributed by atoms with van der Waals surface area (Å²) in [5.74, 6) is -2.62. The molecular weight excluding hydrogens is 306 g/mol. The molecule has 5 nitrogen and oxygen atoms in total. The van der Waals surface area contributed by atoms with Crippen molar-refractivity contribution in [1.82, 2.24) is 9.78 Å². The van der Waals surface area contributed by atoms with Gasteiger partial charge in [0.2, 0.25) is 5.89 Å². The quantitative estimate of drug-likeness (QED) is 0.694. The lowest BCUT2D eigenvalue weighted by Crippen LogP contribution is -2.22. The SMILES string of the molecule is O=C(Cn1nc(-c2ccc(F)cc2)oc1=O)c1ccccc1F. The minimum atomic E-state index is -0.853. The molecule has 0 fully saturated rings. The van der Waals surface area contributed by atoms with Crippen molar-refractivity contribution in [1.29, 1.82) is 0 Å². The van der Waals surface area contributed by atoms with Gasteiger partial charge in [0.25, 0.3) is 0 Å². The number of halogens is 2. The molecule has 0 spiro atoms. The maximum atomic E-state index is 13.6. The van der Waals surface area contributed by atoms with Crippen LogP contribution in [-0.4, -0.2) is 15.6 Å². The van der Waals surface area contributed by atoms with Crippen LogP contribution in [0.15, 0.2) is 57.7 Å². The van der Waals surface area contributed by atoms with Gasteiger partial charge in [-0.05, 0) is 36.4 Å². The number of hydrogen-bond donors (Lipinski definition) is 0. The molecule has 0 saturated carbocycles. The number of aromatic nitrogens is 2. The molecule has 0 N–H and O–H groups in total. The molecule has 3 rings (SSSR count). The second-order valence-electron chi connectivity index (χ2n) is 4.74. The van der Waals surface area contributed by atoms with E-state index in [0.29, 0.717) is 5.56 Å². The third-order valence-electron chi connectivity index (χ3n) is 3.17. The van der Waals surface area contributed by atoms with Gasteiger partial charge in [0, 0.05) is 5.56 Å². The minimum absolute atomic E-state index is 0.0451. The van der Waals surface area contributed by atoms with Crippen LogP contribution >= 0.6 is 0 Å². The van der Waals surface area contributed by atoms with Gasteiger partial charge in [-0.15, -0.1) is 5.10 Å². The zero-order valence-electron chi connectivity index (χ0n) is 11.7. The van der Waals surface area contributed by atoms with E-state index in [0.717, 1.165) is 10.7 Å². The van der Waals surface area contributed by atoms with E-state index in [9.17, 15) is 18.4 Å². The molecule has 1 aromatic heterocycles. The van der Waals surface area contributed by atoms with Gasteiger partial charge in [0.1, 0.15) is 18.2 Å². The van der Waals surface area contributed by atoms with Gasteiger partial charge in [0.15, 0.2) is 5.78 Å². The predicted molar refractivity (Wildman–Crippen MR) is 76.9 cm³/mol. The van der Waals surface area contributed by atoms with Crippen molar-refractivity contribution in [3.05, 3.63) is 76.3 Å². The molecular formula is C16H10F2N2O3. The average molecular weight is 316 g/mol. The van der Waals surface area contributed by atoms with E-state index in [1.165, 1.54) is 42.5 Å². The van der Waals surface area contributed by atoms with Crippen LogP contribution in [0.2, 0.25) is 0 Å². The lowest BCUT2D eigenvalue weighted by Gasteiger charge is -2.00. The Morgan fingerprint density at radius 3 is 2.48 bits per heavy atom. The Morgan fingerprint density at radius 1 is 1.09 bits per heavy atom. The molecule has 0 bridgehead atoms. The lowest BCUT2D eigenvalue weighted by atomic mass is 10.1. The molecule has 0 atom stereocenters. The van der Waals surface area contributed by atoms with E-state index < -0.39 is 29.7 Å². The molecule has 116 valence electrons. The van der Waals surface area contributed by atoms with Crippen LogP contribution in [0, 0.1) is 11.6 Å². The molecule has 0 aliphatic rings. The summed E-state index contributed by atoms with van der Waals surface area (Å²) in [5, 5.41) is 3.88. The number of carbonyl (C=O) groups excluding carboxylic acids is 1. The largest absolute Gasteiger partial charge is 0.437 e. The molecule has 0 radical (unpaired) electrons. The molecule has 7 heteroatoms. The first-order chi connectivity index (χ1) is 11.0. The van der Waals surface area contributed by atoms with Crippen molar-refractivity contribution < 1.29 is 18.0 Å². The van der Waals surface area contributed by atoms with Crippen LogP contribution in [0.25, 0.3) is 11.5 Å². The highest BCUT2D eigenvalue weighted by molar-refractivity contribution is 5.96. The number of nitrogens with zero attached hydrogens (tertiary/aromatic N) is 2. The Morgan fingerprint density at radius 2 is 1.78 bits per heavy atom. The maximum absolute atomic E-state index is 13.6. The third kappa shape index (κ3) is 3.08. The fourth-order valence-corrected chi connectivity index (χ4v) is 2.02. The van der Waals surface area contributed by atoms with E-state index in [-0.39, 0.29) is 11.5 Å². The fourth-order valence-electron chi connectivity index (χ4n) is 2.02. The fraction of sp³-hybridized carbons (Fsp3) is 0.0625. The standard InChI is InChI=1S/C16H10F2N2O3/c17-11-7-5-10(6-8-11)15-19-20(16(22)23-15)9-14(21)12-3-1-2-4-13(12)18/h1-8H,9H2. The van der Waals surface area contributed by atoms with Gasteiger partial charge in [0.05, 0.1) is 5.56 Å². The van der Waals surface area contributed by atoms with E-state index in [2.05, 4.69) is 5.10 Å². The summed E-state index contributed by atoms with van der Waals surface area (Å²) in [6.45, 7) is -0.454. The molecule has 0 aliphatic heterocycles. The highest BCUT2D eigenvalue weighted by Gasteiger charge is 2.16. The number of Topliss-reactive ketones (excluding diaryl/α,β-unsaturated/α-hetero) is 1. The van der Waals surface area contributed by atoms with Gasteiger partial charge < -0.3 is 4.42 Å². The Labute approximate surface area is 128 Å². The summed E-state index contributed by atoms with van der Waals surface area (Å²) in [6, 6.07) is 10.6. The van der Waals surface area contributed by atoms with Crippen molar-refractivity contribution in [3.63, 3.8) is 0 Å². The summed E-state index contributed by atoms with van der Waals surface area (Å²) < 4.78 is 32.2. The predicted octanol–water partition coefficient (Wildman–Crippen LogP) is 2.66. The molecule has 0 saturated heterocycles. The van der Waals surface area contributed by atoms with Crippen molar-refractivity contribution >= 4 is 5.78 Å². The first-order valence-corrected chi connectivity index (χ1v) is 6.66. The van der Waals surface area contributed by atoms with Crippen molar-refractivity contribution in [2.75, 3.05) is 0 Å². The average Bonchev–Trinajstić information content (AvgIpc) is 2.89. The summed E-state index contributed by atoms with van der Waals surface area (Å²) in [6.07, 6.45) is 0. The summed E-state index contributed by atoms with van der Waals surface area (Å²) in [5.41, 5.74) is 0.256. The molecule has 2 aromatic carbocycles. The molecule has 0 unspecified atom stereocenters. The number of hydrogen-bond acceptors (Lipinski definition) is 4. The van der Waals surface area contributed by atoms with Crippen LogP contribution < -0.4 is 5.76 Å². The first kappa shape index (κ1) is 14.8. The smallest absolute Gasteiger partial charge is 0.388 e. The monoisotopic (exact) mass is 316 g/mol. The molecule has 1 heterocycles. The first-order valence-electron chi connectivity index (χ1n) is 6.66. The van der Waals surface area contributed by atoms with Crippen molar-refractivity contribution in [2.24, 2.45) is 0 Å². The zero-order valence-corrected chi connectivity index (χ0v) is 11.7. The van der Waals surface area contributed by atoms with Gasteiger partial charge in [-0.1, -0.05) is 12.1 Å². The number of carbonyl (C=O) groups is 1. The van der Waals surface area contributed by atoms with Gasteiger partial charge >= 0.3 is 5.76 Å². The van der Waals surface area contributed by atoms with E-state index >= 15 is 0 Å². The Kier molecular flexibility index (Phi) is 3.84. The van der Waals surface area contributed by atoms with Gasteiger partial charge in [-0.2, -0.15) is 4.68 Å². The van der Waals surface area contributed by atoms with Crippen molar-refractivity contribution in [2.45, 2.75) is 6.54 Å². The highest BCUT2D eigenvalue weighted by Crippen LogP contribution is 2.16. The molecule has 3 aromatic rings. The Hall–Kier alpha value is -3.09. The van der Waals surface area contributed by atoms with Gasteiger partial charge in [-0.3, -0.25) is 4.79 Å². The normalized spacial score (nSPS) is 10.7. The summed E-state index contributed by atoms with van der Waals surface area (Å²) in [4.78, 5) is 23.8.